The van der Waals surface area contributed by atoms with E-state index in [1.54, 1.807) is 31.2 Å². The monoisotopic (exact) mass is 457 g/mol. The lowest BCUT2D eigenvalue weighted by Crippen LogP contribution is -2.34. The molecule has 2 rings (SSSR count). The molecule has 8 nitrogen and oxygen atoms in total. The van der Waals surface area contributed by atoms with Crippen molar-refractivity contribution in [2.45, 2.75) is 44.9 Å². The molecule has 1 aromatic rings. The molecule has 9 heteroatoms. The van der Waals surface area contributed by atoms with Gasteiger partial charge in [0.2, 0.25) is 5.91 Å². The number of allylic oxidation sites excluding steroid dienone is 2. The Bertz CT molecular complexity index is 1080. The summed E-state index contributed by atoms with van der Waals surface area (Å²) in [5.74, 6) is 0.181. The number of hydrogen-bond donors (Lipinski definition) is 2. The van der Waals surface area contributed by atoms with Crippen LogP contribution in [0.4, 0.5) is 5.69 Å². The van der Waals surface area contributed by atoms with Gasteiger partial charge in [0, 0.05) is 30.6 Å². The first kappa shape index (κ1) is 25.1. The minimum Gasteiger partial charge on any atom is -0.387 e. The Hall–Kier alpha value is -3.20. The minimum atomic E-state index is -3.89. The Labute approximate surface area is 190 Å². The molecule has 1 amide bonds. The molecule has 0 atom stereocenters. The van der Waals surface area contributed by atoms with Crippen molar-refractivity contribution in [3.05, 3.63) is 53.4 Å². The maximum absolute atomic E-state index is 13.1. The molecule has 1 heterocycles. The van der Waals surface area contributed by atoms with E-state index in [0.29, 0.717) is 29.9 Å². The van der Waals surface area contributed by atoms with Crippen molar-refractivity contribution in [1.29, 1.82) is 0 Å². The Balaban J connectivity index is 2.44. The smallest absolute Gasteiger partial charge is 0.262 e. The largest absolute Gasteiger partial charge is 0.387 e. The predicted molar refractivity (Wildman–Crippen MR) is 130 cm³/mol. The summed E-state index contributed by atoms with van der Waals surface area (Å²) < 4.78 is 28.2. The fourth-order valence-electron chi connectivity index (χ4n) is 3.33. The van der Waals surface area contributed by atoms with Gasteiger partial charge in [-0.2, -0.15) is 0 Å². The number of nitrogens with zero attached hydrogens (tertiary/aromatic N) is 3. The van der Waals surface area contributed by atoms with E-state index in [1.165, 1.54) is 18.3 Å². The number of amides is 1. The van der Waals surface area contributed by atoms with Crippen LogP contribution < -0.4 is 10.5 Å². The number of aliphatic imine (C=N–C) groups is 2. The highest BCUT2D eigenvalue weighted by atomic mass is 32.2. The molecule has 0 fully saturated rings. The molecule has 1 aromatic carbocycles. The summed E-state index contributed by atoms with van der Waals surface area (Å²) in [6.45, 7) is 10.5. The SMILES string of the molecule is C=N/C=C(\C=C/C)NS(=O)(=O)c1ccc2c(c1)N=C(N)CC(C(=O)N(CCC)CCC)=C2. The molecule has 3 N–H and O–H groups in total. The second-order valence-corrected chi connectivity index (χ2v) is 9.02. The van der Waals surface area contributed by atoms with Gasteiger partial charge in [-0.3, -0.25) is 14.5 Å². The number of nitrogens with one attached hydrogen (secondary N) is 1. The third-order valence-electron chi connectivity index (χ3n) is 4.66. The van der Waals surface area contributed by atoms with Crippen molar-refractivity contribution < 1.29 is 13.2 Å². The molecule has 1 aliphatic heterocycles. The zero-order chi connectivity index (χ0) is 23.7. The van der Waals surface area contributed by atoms with Gasteiger partial charge in [0.1, 0.15) is 5.84 Å². The van der Waals surface area contributed by atoms with Crippen LogP contribution in [-0.4, -0.2) is 44.9 Å². The first-order chi connectivity index (χ1) is 15.2. The van der Waals surface area contributed by atoms with Crippen LogP contribution in [0.15, 0.2) is 62.7 Å². The Morgan fingerprint density at radius 2 is 2.00 bits per heavy atom. The number of carbonyl (C=O) groups excluding carboxylic acids is 1. The molecule has 0 saturated heterocycles. The van der Waals surface area contributed by atoms with Gasteiger partial charge in [-0.15, -0.1) is 0 Å². The molecule has 0 bridgehead atoms. The van der Waals surface area contributed by atoms with Gasteiger partial charge in [0.15, 0.2) is 0 Å². The number of amidine groups is 1. The molecular formula is C23H31N5O3S. The molecule has 0 unspecified atom stereocenters. The number of hydrogen-bond acceptors (Lipinski definition) is 6. The first-order valence-electron chi connectivity index (χ1n) is 10.5. The third kappa shape index (κ3) is 6.40. The molecule has 0 radical (unpaired) electrons. The number of sulfonamides is 1. The maximum Gasteiger partial charge on any atom is 0.262 e. The van der Waals surface area contributed by atoms with Crippen molar-refractivity contribution in [3.8, 4) is 0 Å². The highest BCUT2D eigenvalue weighted by Crippen LogP contribution is 2.30. The fraction of sp³-hybridized carbons (Fsp3) is 0.348. The van der Waals surface area contributed by atoms with Crippen molar-refractivity contribution in [2.75, 3.05) is 13.1 Å². The van der Waals surface area contributed by atoms with E-state index in [9.17, 15) is 13.2 Å². The van der Waals surface area contributed by atoms with Crippen molar-refractivity contribution in [3.63, 3.8) is 0 Å². The molecule has 0 saturated carbocycles. The number of fused-ring (bicyclic) bond motifs is 1. The van der Waals surface area contributed by atoms with E-state index < -0.39 is 10.0 Å². The summed E-state index contributed by atoms with van der Waals surface area (Å²) in [5, 5.41) is 0. The molecule has 0 spiro atoms. The Kier molecular flexibility index (Phi) is 8.95. The summed E-state index contributed by atoms with van der Waals surface area (Å²) in [6.07, 6.45) is 8.25. The Morgan fingerprint density at radius 1 is 1.31 bits per heavy atom. The summed E-state index contributed by atoms with van der Waals surface area (Å²) in [6, 6.07) is 4.55. The van der Waals surface area contributed by atoms with Crippen LogP contribution in [0.25, 0.3) is 6.08 Å². The lowest BCUT2D eigenvalue weighted by molar-refractivity contribution is -0.127. The van der Waals surface area contributed by atoms with Gasteiger partial charge in [-0.05, 0) is 50.8 Å². The van der Waals surface area contributed by atoms with Gasteiger partial charge >= 0.3 is 0 Å². The maximum atomic E-state index is 13.1. The van der Waals surface area contributed by atoms with Crippen LogP contribution in [0.5, 0.6) is 0 Å². The van der Waals surface area contributed by atoms with Gasteiger partial charge < -0.3 is 10.6 Å². The molecule has 32 heavy (non-hydrogen) atoms. The lowest BCUT2D eigenvalue weighted by Gasteiger charge is -2.22. The van der Waals surface area contributed by atoms with E-state index in [2.05, 4.69) is 21.4 Å². The summed E-state index contributed by atoms with van der Waals surface area (Å²) in [5.41, 5.74) is 7.93. The summed E-state index contributed by atoms with van der Waals surface area (Å²) >= 11 is 0. The quantitative estimate of drug-likeness (QED) is 0.413. The van der Waals surface area contributed by atoms with Crippen LogP contribution in [0.1, 0.15) is 45.6 Å². The van der Waals surface area contributed by atoms with E-state index in [-0.39, 0.29) is 28.8 Å². The number of carbonyl (C=O) groups is 1. The van der Waals surface area contributed by atoms with E-state index in [4.69, 9.17) is 5.73 Å². The predicted octanol–water partition coefficient (Wildman–Crippen LogP) is 3.51. The second kappa shape index (κ2) is 11.4. The zero-order valence-electron chi connectivity index (χ0n) is 18.8. The minimum absolute atomic E-state index is 0.0223. The van der Waals surface area contributed by atoms with Gasteiger partial charge in [-0.25, -0.2) is 13.4 Å². The normalized spacial score (nSPS) is 14.3. The molecule has 0 aliphatic carbocycles. The second-order valence-electron chi connectivity index (χ2n) is 7.33. The van der Waals surface area contributed by atoms with E-state index >= 15 is 0 Å². The van der Waals surface area contributed by atoms with Gasteiger partial charge in [0.25, 0.3) is 10.0 Å². The van der Waals surface area contributed by atoms with E-state index in [0.717, 1.165) is 12.8 Å². The number of benzene rings is 1. The third-order valence-corrected chi connectivity index (χ3v) is 6.03. The fourth-order valence-corrected chi connectivity index (χ4v) is 4.39. The number of nitrogens with two attached hydrogens (primary N) is 1. The average molecular weight is 458 g/mol. The lowest BCUT2D eigenvalue weighted by atomic mass is 10.1. The van der Waals surface area contributed by atoms with Crippen LogP contribution in [0, 0.1) is 0 Å². The molecule has 172 valence electrons. The Morgan fingerprint density at radius 3 is 2.59 bits per heavy atom. The van der Waals surface area contributed by atoms with Crippen LogP contribution in [0.2, 0.25) is 0 Å². The van der Waals surface area contributed by atoms with E-state index in [1.807, 2.05) is 18.7 Å². The van der Waals surface area contributed by atoms with Gasteiger partial charge in [0.05, 0.1) is 22.5 Å². The van der Waals surface area contributed by atoms with Crippen LogP contribution >= 0.6 is 0 Å². The van der Waals surface area contributed by atoms with Crippen LogP contribution in [0.3, 0.4) is 0 Å². The molecular weight excluding hydrogens is 426 g/mol. The van der Waals surface area contributed by atoms with Crippen molar-refractivity contribution in [2.24, 2.45) is 15.7 Å². The summed E-state index contributed by atoms with van der Waals surface area (Å²) in [7, 11) is -3.89. The number of rotatable bonds is 10. The first-order valence-corrected chi connectivity index (χ1v) is 12.0. The highest BCUT2D eigenvalue weighted by Gasteiger charge is 2.22. The average Bonchev–Trinajstić information content (AvgIpc) is 2.90. The van der Waals surface area contributed by atoms with Crippen molar-refractivity contribution in [1.82, 2.24) is 9.62 Å². The van der Waals surface area contributed by atoms with Crippen LogP contribution in [-0.2, 0) is 14.8 Å². The topological polar surface area (TPSA) is 117 Å². The molecule has 0 aromatic heterocycles. The summed E-state index contributed by atoms with van der Waals surface area (Å²) in [4.78, 5) is 22.9. The highest BCUT2D eigenvalue weighted by molar-refractivity contribution is 7.89. The molecule has 1 aliphatic rings. The van der Waals surface area contributed by atoms with Gasteiger partial charge in [-0.1, -0.05) is 26.0 Å². The standard InChI is InChI=1S/C23H31N5O3S/c1-5-8-19(16-25-4)27-32(30,31)20-10-9-17-13-18(14-22(24)26-21(17)15-20)23(29)28(11-6-2)12-7-3/h5,8-10,13,15-16,27H,4,6-7,11-12,14H2,1-3H3,(H2,24,26)/b8-5-,19-16+. The van der Waals surface area contributed by atoms with Crippen molar-refractivity contribution >= 4 is 40.2 Å². The zero-order valence-corrected chi connectivity index (χ0v) is 19.7.